The summed E-state index contributed by atoms with van der Waals surface area (Å²) in [6, 6.07) is 3.45. The van der Waals surface area contributed by atoms with Crippen molar-refractivity contribution in [2.75, 3.05) is 30.8 Å². The molecule has 0 aliphatic heterocycles. The van der Waals surface area contributed by atoms with Crippen molar-refractivity contribution in [2.24, 2.45) is 10.9 Å². The maximum Gasteiger partial charge on any atom is 0.404 e. The molecular weight excluding hydrogens is 485 g/mol. The molecule has 1 aromatic rings. The molecule has 1 aliphatic rings. The lowest BCUT2D eigenvalue weighted by molar-refractivity contribution is -0.121. The van der Waals surface area contributed by atoms with Crippen molar-refractivity contribution in [1.82, 2.24) is 14.8 Å². The van der Waals surface area contributed by atoms with E-state index in [2.05, 4.69) is 20.6 Å². The molecule has 0 aromatic carbocycles. The van der Waals surface area contributed by atoms with Crippen LogP contribution in [0.1, 0.15) is 57.8 Å². The summed E-state index contributed by atoms with van der Waals surface area (Å²) in [5.74, 6) is -1.47. The van der Waals surface area contributed by atoms with Gasteiger partial charge in [-0.25, -0.2) is 8.42 Å². The summed E-state index contributed by atoms with van der Waals surface area (Å²) in [5, 5.41) is 14.3. The Morgan fingerprint density at radius 3 is 2.51 bits per heavy atom. The molecule has 1 fully saturated rings. The number of nitrogens with zero attached hydrogens (tertiary/aromatic N) is 4. The van der Waals surface area contributed by atoms with Crippen LogP contribution in [0.5, 0.6) is 0 Å². The Morgan fingerprint density at radius 1 is 1.17 bits per heavy atom. The zero-order chi connectivity index (χ0) is 25.6. The van der Waals surface area contributed by atoms with Crippen LogP contribution >= 0.6 is 0 Å². The fraction of sp³-hybridized carbons (Fsp3) is 0.682. The lowest BCUT2D eigenvalue weighted by Crippen LogP contribution is -2.39. The number of rotatable bonds is 13. The summed E-state index contributed by atoms with van der Waals surface area (Å²) in [4.78, 5) is 13.6. The highest BCUT2D eigenvalue weighted by Gasteiger charge is 2.39. The number of hydrogen-bond donors (Lipinski definition) is 2. The van der Waals surface area contributed by atoms with Crippen molar-refractivity contribution in [2.45, 2.75) is 64.0 Å². The van der Waals surface area contributed by atoms with E-state index >= 15 is 0 Å². The number of pyridine rings is 1. The zero-order valence-electron chi connectivity index (χ0n) is 19.6. The largest absolute Gasteiger partial charge is 0.404 e. The first-order valence-electron chi connectivity index (χ1n) is 11.8. The molecule has 9 nitrogen and oxygen atoms in total. The monoisotopic (exact) mass is 518 g/mol. The molecule has 1 aliphatic carbocycles. The third-order valence-electron chi connectivity index (χ3n) is 5.47. The molecule has 0 unspecified atom stereocenters. The maximum absolute atomic E-state index is 12.8. The van der Waals surface area contributed by atoms with Gasteiger partial charge in [-0.15, -0.1) is 0 Å². The molecule has 2 rings (SSSR count). The van der Waals surface area contributed by atoms with E-state index in [0.29, 0.717) is 42.7 Å². The Kier molecular flexibility index (Phi) is 12.2. The van der Waals surface area contributed by atoms with Gasteiger partial charge in [0.05, 0.1) is 6.61 Å². The van der Waals surface area contributed by atoms with Gasteiger partial charge in [0.2, 0.25) is 16.0 Å². The first-order chi connectivity index (χ1) is 16.7. The Morgan fingerprint density at radius 2 is 1.86 bits per heavy atom. The fourth-order valence-corrected chi connectivity index (χ4v) is 4.92. The van der Waals surface area contributed by atoms with Gasteiger partial charge in [-0.05, 0) is 43.7 Å². The van der Waals surface area contributed by atoms with E-state index < -0.39 is 22.0 Å². The van der Waals surface area contributed by atoms with Crippen LogP contribution in [0, 0.1) is 17.4 Å². The molecule has 1 aromatic heterocycles. The highest BCUT2D eigenvalue weighted by molar-refractivity contribution is 7.89. The molecular formula is C22H33F3N6O3S. The normalized spacial score (nSPS) is 15.7. The second-order valence-electron chi connectivity index (χ2n) is 8.44. The van der Waals surface area contributed by atoms with Crippen molar-refractivity contribution in [1.29, 1.82) is 5.26 Å². The molecule has 0 bridgehead atoms. The minimum Gasteiger partial charge on any atom is -0.325 e. The highest BCUT2D eigenvalue weighted by atomic mass is 32.2. The van der Waals surface area contributed by atoms with E-state index in [1.54, 1.807) is 24.5 Å². The van der Waals surface area contributed by atoms with Crippen LogP contribution in [0.25, 0.3) is 0 Å². The molecule has 0 atom stereocenters. The molecule has 35 heavy (non-hydrogen) atoms. The minimum atomic E-state index is -4.83. The second-order valence-corrected chi connectivity index (χ2v) is 10.3. The summed E-state index contributed by atoms with van der Waals surface area (Å²) in [6.45, 7) is 0.403. The summed E-state index contributed by atoms with van der Waals surface area (Å²) in [7, 11) is -4.61. The molecule has 0 radical (unpaired) electrons. The topological polar surface area (TPSA) is 120 Å². The van der Waals surface area contributed by atoms with Crippen LogP contribution in [0.4, 0.5) is 18.9 Å². The van der Waals surface area contributed by atoms with Gasteiger partial charge in [-0.1, -0.05) is 36.6 Å². The molecule has 2 N–H and O–H groups in total. The molecule has 0 saturated heterocycles. The van der Waals surface area contributed by atoms with Crippen LogP contribution in [-0.2, 0) is 14.9 Å². The number of alkyl halides is 3. The maximum atomic E-state index is 12.8. The predicted octanol–water partition coefficient (Wildman–Crippen LogP) is 4.19. The second kappa shape index (κ2) is 14.9. The van der Waals surface area contributed by atoms with E-state index in [1.807, 2.05) is 6.19 Å². The Balaban J connectivity index is 1.78. The van der Waals surface area contributed by atoms with E-state index in [9.17, 15) is 21.6 Å². The number of aromatic nitrogens is 1. The Hall–Kier alpha value is -2.43. The molecule has 0 amide bonds. The van der Waals surface area contributed by atoms with Gasteiger partial charge in [-0.3, -0.25) is 20.1 Å². The van der Waals surface area contributed by atoms with Crippen molar-refractivity contribution < 1.29 is 26.4 Å². The number of anilines is 1. The smallest absolute Gasteiger partial charge is 0.325 e. The van der Waals surface area contributed by atoms with Gasteiger partial charge in [0.1, 0.15) is 0 Å². The van der Waals surface area contributed by atoms with Gasteiger partial charge < -0.3 is 5.32 Å². The summed E-state index contributed by atoms with van der Waals surface area (Å²) >= 11 is 0. The zero-order valence-corrected chi connectivity index (χ0v) is 20.5. The van der Waals surface area contributed by atoms with Crippen molar-refractivity contribution in [3.05, 3.63) is 24.5 Å². The van der Waals surface area contributed by atoms with Crippen molar-refractivity contribution in [3.8, 4) is 6.19 Å². The standard InChI is InChI=1S/C22H33F3N6O3S/c23-22(24,25)17-35(32,33)31(34-16-19-8-4-3-5-9-19)15-7-2-1-6-12-28-21(29-18-26)30-20-10-13-27-14-11-20/h10-11,13-14,19H,1-9,12,15-17H2,(H2,27,28,29,30). The van der Waals surface area contributed by atoms with E-state index in [0.717, 1.165) is 37.8 Å². The van der Waals surface area contributed by atoms with E-state index in [1.165, 1.54) is 0 Å². The lowest BCUT2D eigenvalue weighted by Gasteiger charge is -2.26. The van der Waals surface area contributed by atoms with E-state index in [4.69, 9.17) is 10.1 Å². The molecule has 1 saturated carbocycles. The number of guanidine groups is 1. The Bertz CT molecular complexity index is 917. The number of nitrogens with one attached hydrogen (secondary N) is 2. The SMILES string of the molecule is N#CNC(=NCCCCCCN(OCC1CCCCC1)S(=O)(=O)CC(F)(F)F)Nc1ccncc1. The van der Waals surface area contributed by atoms with Crippen LogP contribution in [-0.4, -0.2) is 55.5 Å². The number of hydrogen-bond acceptors (Lipinski definition) is 6. The van der Waals surface area contributed by atoms with Crippen LogP contribution in [0.2, 0.25) is 0 Å². The van der Waals surface area contributed by atoms with Crippen LogP contribution in [0.15, 0.2) is 29.5 Å². The van der Waals surface area contributed by atoms with Crippen molar-refractivity contribution >= 4 is 21.7 Å². The first kappa shape index (κ1) is 28.8. The number of aliphatic imine (C=N–C) groups is 1. The predicted molar refractivity (Wildman–Crippen MR) is 126 cm³/mol. The van der Waals surface area contributed by atoms with Crippen LogP contribution < -0.4 is 10.6 Å². The van der Waals surface area contributed by atoms with Crippen LogP contribution in [0.3, 0.4) is 0 Å². The van der Waals surface area contributed by atoms with Gasteiger partial charge in [0.25, 0.3) is 0 Å². The molecule has 1 heterocycles. The fourth-order valence-electron chi connectivity index (χ4n) is 3.74. The summed E-state index contributed by atoms with van der Waals surface area (Å²) in [5.41, 5.74) is 0.717. The number of halogens is 3. The molecule has 196 valence electrons. The number of unbranched alkanes of at least 4 members (excludes halogenated alkanes) is 3. The molecule has 13 heteroatoms. The van der Waals surface area contributed by atoms with Gasteiger partial charge in [-0.2, -0.15) is 18.4 Å². The van der Waals surface area contributed by atoms with Gasteiger partial charge >= 0.3 is 6.18 Å². The first-order valence-corrected chi connectivity index (χ1v) is 13.4. The highest BCUT2D eigenvalue weighted by Crippen LogP contribution is 2.25. The lowest BCUT2D eigenvalue weighted by atomic mass is 9.90. The molecule has 0 spiro atoms. The summed E-state index contributed by atoms with van der Waals surface area (Å²) in [6.07, 6.45) is 7.45. The Labute approximate surface area is 204 Å². The average Bonchev–Trinajstić information content (AvgIpc) is 2.80. The average molecular weight is 519 g/mol. The quantitative estimate of drug-likeness (QED) is 0.100. The van der Waals surface area contributed by atoms with Gasteiger partial charge in [0.15, 0.2) is 11.9 Å². The summed E-state index contributed by atoms with van der Waals surface area (Å²) < 4.78 is 63.5. The number of hydroxylamine groups is 1. The minimum absolute atomic E-state index is 0.116. The van der Waals surface area contributed by atoms with Crippen molar-refractivity contribution in [3.63, 3.8) is 0 Å². The van der Waals surface area contributed by atoms with Gasteiger partial charge in [0, 0.05) is 31.2 Å². The number of sulfonamides is 1. The van der Waals surface area contributed by atoms with E-state index in [-0.39, 0.29) is 19.1 Å². The third-order valence-corrected chi connectivity index (χ3v) is 7.07. The third kappa shape index (κ3) is 12.2. The number of nitriles is 1.